The van der Waals surface area contributed by atoms with Gasteiger partial charge < -0.3 is 9.30 Å². The lowest BCUT2D eigenvalue weighted by molar-refractivity contribution is -0.144. The molecule has 0 bridgehead atoms. The van der Waals surface area contributed by atoms with Crippen molar-refractivity contribution in [1.82, 2.24) is 9.88 Å². The Labute approximate surface area is 109 Å². The van der Waals surface area contributed by atoms with Gasteiger partial charge in [-0.25, -0.2) is 0 Å². The minimum Gasteiger partial charge on any atom is -0.468 e. The number of aryl methyl sites for hydroxylation is 1. The Morgan fingerprint density at radius 1 is 1.50 bits per heavy atom. The van der Waals surface area contributed by atoms with E-state index in [2.05, 4.69) is 29.1 Å². The van der Waals surface area contributed by atoms with Gasteiger partial charge >= 0.3 is 5.97 Å². The van der Waals surface area contributed by atoms with Crippen LogP contribution < -0.4 is 5.32 Å². The number of aromatic nitrogens is 1. The first kappa shape index (κ1) is 14.8. The summed E-state index contributed by atoms with van der Waals surface area (Å²) in [5, 5.41) is 3.28. The third-order valence-corrected chi connectivity index (χ3v) is 3.01. The molecule has 0 spiro atoms. The third-order valence-electron chi connectivity index (χ3n) is 3.01. The van der Waals surface area contributed by atoms with Crippen LogP contribution in [0, 0.1) is 5.92 Å². The van der Waals surface area contributed by atoms with Crippen LogP contribution in [0.15, 0.2) is 18.3 Å². The summed E-state index contributed by atoms with van der Waals surface area (Å²) in [5.74, 6) is 0.0191. The molecule has 0 fully saturated rings. The number of carbonyl (C=O) groups is 1. The lowest BCUT2D eigenvalue weighted by atomic mass is 10.0. The average molecular weight is 252 g/mol. The molecule has 1 aromatic heterocycles. The molecule has 0 aromatic carbocycles. The highest BCUT2D eigenvalue weighted by atomic mass is 16.5. The lowest BCUT2D eigenvalue weighted by Crippen LogP contribution is -2.41. The first-order valence-corrected chi connectivity index (χ1v) is 6.55. The van der Waals surface area contributed by atoms with Gasteiger partial charge in [-0.3, -0.25) is 10.1 Å². The van der Waals surface area contributed by atoms with Crippen LogP contribution >= 0.6 is 0 Å². The van der Waals surface area contributed by atoms with Crippen LogP contribution in [0.3, 0.4) is 0 Å². The lowest BCUT2D eigenvalue weighted by Gasteiger charge is -2.20. The fourth-order valence-corrected chi connectivity index (χ4v) is 2.00. The van der Waals surface area contributed by atoms with Crippen molar-refractivity contribution in [3.05, 3.63) is 24.0 Å². The molecule has 0 saturated carbocycles. The van der Waals surface area contributed by atoms with E-state index in [4.69, 9.17) is 4.74 Å². The van der Waals surface area contributed by atoms with E-state index >= 15 is 0 Å². The average Bonchev–Trinajstić information content (AvgIpc) is 2.77. The molecule has 4 heteroatoms. The Balaban J connectivity index is 2.61. The standard InChI is InChI=1S/C14H24N2O2/c1-5-8-16-9-6-7-12(16)10-15-13(11(2)3)14(17)18-4/h6-7,9,11,13,15H,5,8,10H2,1-4H3. The van der Waals surface area contributed by atoms with Gasteiger partial charge in [0.05, 0.1) is 7.11 Å². The molecule has 102 valence electrons. The van der Waals surface area contributed by atoms with Gasteiger partial charge in [-0.1, -0.05) is 20.8 Å². The van der Waals surface area contributed by atoms with Crippen LogP contribution in [0.1, 0.15) is 32.9 Å². The molecule has 1 N–H and O–H groups in total. The Morgan fingerprint density at radius 2 is 2.22 bits per heavy atom. The maximum Gasteiger partial charge on any atom is 0.323 e. The summed E-state index contributed by atoms with van der Waals surface area (Å²) in [4.78, 5) is 11.6. The Bertz CT molecular complexity index is 372. The molecule has 4 nitrogen and oxygen atoms in total. The predicted octanol–water partition coefficient (Wildman–Crippen LogP) is 2.19. The zero-order valence-corrected chi connectivity index (χ0v) is 11.8. The smallest absolute Gasteiger partial charge is 0.323 e. The molecule has 0 radical (unpaired) electrons. The van der Waals surface area contributed by atoms with Gasteiger partial charge in [-0.05, 0) is 24.5 Å². The van der Waals surface area contributed by atoms with E-state index in [9.17, 15) is 4.79 Å². The van der Waals surface area contributed by atoms with E-state index in [0.717, 1.165) is 13.0 Å². The molecule has 1 aromatic rings. The summed E-state index contributed by atoms with van der Waals surface area (Å²) in [6.45, 7) is 7.88. The molecule has 0 aliphatic rings. The Kier molecular flexibility index (Phi) is 5.92. The fraction of sp³-hybridized carbons (Fsp3) is 0.643. The molecule has 1 unspecified atom stereocenters. The number of nitrogens with zero attached hydrogens (tertiary/aromatic N) is 1. The van der Waals surface area contributed by atoms with E-state index in [0.29, 0.717) is 6.54 Å². The number of carbonyl (C=O) groups excluding carboxylic acids is 1. The van der Waals surface area contributed by atoms with Gasteiger partial charge in [-0.15, -0.1) is 0 Å². The minimum atomic E-state index is -0.250. The van der Waals surface area contributed by atoms with Crippen LogP contribution in [0.2, 0.25) is 0 Å². The molecule has 1 atom stereocenters. The van der Waals surface area contributed by atoms with Crippen LogP contribution in [0.5, 0.6) is 0 Å². The fourth-order valence-electron chi connectivity index (χ4n) is 2.00. The van der Waals surface area contributed by atoms with Crippen LogP contribution in [0.25, 0.3) is 0 Å². The first-order chi connectivity index (χ1) is 8.60. The van der Waals surface area contributed by atoms with E-state index in [1.54, 1.807) is 0 Å². The van der Waals surface area contributed by atoms with Crippen molar-refractivity contribution in [2.75, 3.05) is 7.11 Å². The van der Waals surface area contributed by atoms with Crippen molar-refractivity contribution in [3.63, 3.8) is 0 Å². The number of esters is 1. The Morgan fingerprint density at radius 3 is 2.78 bits per heavy atom. The van der Waals surface area contributed by atoms with Crippen molar-refractivity contribution in [2.45, 2.75) is 46.3 Å². The largest absolute Gasteiger partial charge is 0.468 e. The van der Waals surface area contributed by atoms with E-state index in [1.807, 2.05) is 19.9 Å². The number of nitrogens with one attached hydrogen (secondary N) is 1. The summed E-state index contributed by atoms with van der Waals surface area (Å²) in [7, 11) is 1.43. The molecular formula is C14H24N2O2. The van der Waals surface area contributed by atoms with Gasteiger partial charge in [0.2, 0.25) is 0 Å². The zero-order valence-electron chi connectivity index (χ0n) is 11.8. The number of methoxy groups -OCH3 is 1. The molecule has 18 heavy (non-hydrogen) atoms. The predicted molar refractivity (Wildman–Crippen MR) is 72.2 cm³/mol. The quantitative estimate of drug-likeness (QED) is 0.756. The number of ether oxygens (including phenoxy) is 1. The van der Waals surface area contributed by atoms with Gasteiger partial charge in [0.15, 0.2) is 0 Å². The second-order valence-electron chi connectivity index (χ2n) is 4.82. The van der Waals surface area contributed by atoms with Gasteiger partial charge in [0.1, 0.15) is 6.04 Å². The topological polar surface area (TPSA) is 43.3 Å². The Hall–Kier alpha value is -1.29. The zero-order chi connectivity index (χ0) is 13.5. The van der Waals surface area contributed by atoms with Crippen LogP contribution in [0.4, 0.5) is 0 Å². The molecular weight excluding hydrogens is 228 g/mol. The van der Waals surface area contributed by atoms with E-state index < -0.39 is 0 Å². The summed E-state index contributed by atoms with van der Waals surface area (Å²) in [6.07, 6.45) is 3.18. The highest BCUT2D eigenvalue weighted by Crippen LogP contribution is 2.07. The van der Waals surface area contributed by atoms with Crippen molar-refractivity contribution in [1.29, 1.82) is 0 Å². The van der Waals surface area contributed by atoms with Crippen molar-refractivity contribution >= 4 is 5.97 Å². The minimum absolute atomic E-state index is 0.196. The molecule has 0 amide bonds. The van der Waals surface area contributed by atoms with E-state index in [-0.39, 0.29) is 17.9 Å². The summed E-state index contributed by atoms with van der Waals surface area (Å²) >= 11 is 0. The number of rotatable bonds is 7. The highest BCUT2D eigenvalue weighted by molar-refractivity contribution is 5.75. The van der Waals surface area contributed by atoms with Crippen molar-refractivity contribution < 1.29 is 9.53 Å². The molecule has 0 saturated heterocycles. The van der Waals surface area contributed by atoms with Crippen molar-refractivity contribution in [3.8, 4) is 0 Å². The normalized spacial score (nSPS) is 12.7. The molecule has 1 heterocycles. The molecule has 0 aliphatic heterocycles. The van der Waals surface area contributed by atoms with Gasteiger partial charge in [0, 0.05) is 25.0 Å². The number of hydrogen-bond donors (Lipinski definition) is 1. The van der Waals surface area contributed by atoms with Crippen LogP contribution in [-0.4, -0.2) is 23.7 Å². The molecule has 0 aliphatic carbocycles. The second kappa shape index (κ2) is 7.21. The SMILES string of the molecule is CCCn1cccc1CNC(C(=O)OC)C(C)C. The number of hydrogen-bond acceptors (Lipinski definition) is 3. The third kappa shape index (κ3) is 3.88. The molecule has 1 rings (SSSR count). The summed E-state index contributed by atoms with van der Waals surface area (Å²) in [6, 6.07) is 3.87. The highest BCUT2D eigenvalue weighted by Gasteiger charge is 2.22. The maximum atomic E-state index is 11.6. The van der Waals surface area contributed by atoms with Crippen LogP contribution in [-0.2, 0) is 22.6 Å². The monoisotopic (exact) mass is 252 g/mol. The van der Waals surface area contributed by atoms with Gasteiger partial charge in [0.25, 0.3) is 0 Å². The van der Waals surface area contributed by atoms with Gasteiger partial charge in [-0.2, -0.15) is 0 Å². The van der Waals surface area contributed by atoms with E-state index in [1.165, 1.54) is 12.8 Å². The summed E-state index contributed by atoms with van der Waals surface area (Å²) < 4.78 is 7.02. The first-order valence-electron chi connectivity index (χ1n) is 6.55. The second-order valence-corrected chi connectivity index (χ2v) is 4.82. The van der Waals surface area contributed by atoms with Crippen molar-refractivity contribution in [2.24, 2.45) is 5.92 Å². The summed E-state index contributed by atoms with van der Waals surface area (Å²) in [5.41, 5.74) is 1.20. The maximum absolute atomic E-state index is 11.6.